The predicted molar refractivity (Wildman–Crippen MR) is 64.3 cm³/mol. The zero-order valence-corrected chi connectivity index (χ0v) is 10.5. The number of benzene rings is 1. The Balaban J connectivity index is 2.19. The van der Waals surface area contributed by atoms with Gasteiger partial charge in [-0.25, -0.2) is 4.79 Å². The summed E-state index contributed by atoms with van der Waals surface area (Å²) in [4.78, 5) is 33.6. The molecule has 8 heteroatoms. The van der Waals surface area contributed by atoms with Gasteiger partial charge < -0.3 is 9.47 Å². The maximum absolute atomic E-state index is 12.0. The number of imide groups is 1. The van der Waals surface area contributed by atoms with Crippen LogP contribution in [0.1, 0.15) is 17.5 Å². The van der Waals surface area contributed by atoms with Gasteiger partial charge in [0.1, 0.15) is 0 Å². The minimum absolute atomic E-state index is 0.111. The van der Waals surface area contributed by atoms with E-state index >= 15 is 0 Å². The number of ether oxygens (including phenoxy) is 2. The largest absolute Gasteiger partial charge is 0.490 e. The molecule has 1 atom stereocenters. The highest BCUT2D eigenvalue weighted by Gasteiger charge is 2.55. The number of amides is 2. The summed E-state index contributed by atoms with van der Waals surface area (Å²) in [5.74, 6) is -0.433. The van der Waals surface area contributed by atoms with Crippen molar-refractivity contribution in [3.63, 3.8) is 0 Å². The number of carbonyl (C=O) groups excluding carboxylic acids is 2. The fourth-order valence-corrected chi connectivity index (χ4v) is 2.81. The van der Waals surface area contributed by atoms with Crippen molar-refractivity contribution in [3.05, 3.63) is 33.4 Å². The van der Waals surface area contributed by atoms with Crippen LogP contribution in [0.3, 0.4) is 0 Å². The number of nitrogens with one attached hydrogen (secondary N) is 1. The van der Waals surface area contributed by atoms with Gasteiger partial charge in [-0.15, -0.1) is 0 Å². The number of carbonyl (C=O) groups is 2. The summed E-state index contributed by atoms with van der Waals surface area (Å²) in [7, 11) is 1.33. The van der Waals surface area contributed by atoms with Crippen molar-refractivity contribution < 1.29 is 24.0 Å². The molecule has 1 saturated heterocycles. The molecule has 3 rings (SSSR count). The first-order valence-corrected chi connectivity index (χ1v) is 5.89. The second-order valence-corrected chi connectivity index (χ2v) is 4.57. The lowest BCUT2D eigenvalue weighted by Crippen LogP contribution is -2.34. The van der Waals surface area contributed by atoms with Gasteiger partial charge in [0, 0.05) is 23.6 Å². The molecule has 1 aromatic rings. The van der Waals surface area contributed by atoms with Crippen molar-refractivity contribution in [1.29, 1.82) is 0 Å². The Labute approximate surface area is 112 Å². The fraction of sp³-hybridized carbons (Fsp3) is 0.333. The van der Waals surface area contributed by atoms with Crippen molar-refractivity contribution in [2.75, 3.05) is 7.11 Å². The van der Waals surface area contributed by atoms with Crippen molar-refractivity contribution in [3.8, 4) is 5.75 Å². The number of fused-ring (bicyclic) bond motifs is 2. The van der Waals surface area contributed by atoms with Crippen LogP contribution in [-0.4, -0.2) is 24.0 Å². The topological polar surface area (TPSA) is 108 Å². The number of methoxy groups -OCH3 is 1. The lowest BCUT2D eigenvalue weighted by atomic mass is 9.95. The smallest absolute Gasteiger partial charge is 0.415 e. The number of hydrogen-bond donors (Lipinski definition) is 1. The molecule has 0 radical (unpaired) electrons. The monoisotopic (exact) mass is 278 g/mol. The zero-order chi connectivity index (χ0) is 14.5. The van der Waals surface area contributed by atoms with Crippen LogP contribution in [0.15, 0.2) is 12.1 Å². The molecular weight excluding hydrogens is 268 g/mol. The van der Waals surface area contributed by atoms with Crippen LogP contribution in [0.2, 0.25) is 0 Å². The van der Waals surface area contributed by atoms with E-state index in [4.69, 9.17) is 9.47 Å². The summed E-state index contributed by atoms with van der Waals surface area (Å²) in [6, 6.07) is 2.70. The molecule has 2 amide bonds. The van der Waals surface area contributed by atoms with E-state index in [0.29, 0.717) is 17.5 Å². The number of nitro groups is 1. The molecule has 2 aliphatic rings. The highest BCUT2D eigenvalue weighted by Crippen LogP contribution is 2.48. The number of nitro benzene ring substituents is 1. The number of nitrogens with zero attached hydrogens (tertiary/aromatic N) is 1. The van der Waals surface area contributed by atoms with Crippen LogP contribution in [-0.2, 0) is 21.6 Å². The Morgan fingerprint density at radius 2 is 2.20 bits per heavy atom. The van der Waals surface area contributed by atoms with Crippen LogP contribution >= 0.6 is 0 Å². The molecule has 8 nitrogen and oxygen atoms in total. The quantitative estimate of drug-likeness (QED) is 0.639. The lowest BCUT2D eigenvalue weighted by Gasteiger charge is -2.19. The van der Waals surface area contributed by atoms with Crippen molar-refractivity contribution in [2.24, 2.45) is 0 Å². The summed E-state index contributed by atoms with van der Waals surface area (Å²) in [6.45, 7) is 0. The maximum atomic E-state index is 12.0. The highest BCUT2D eigenvalue weighted by molar-refractivity contribution is 6.04. The molecule has 1 aromatic carbocycles. The van der Waals surface area contributed by atoms with E-state index in [1.54, 1.807) is 0 Å². The molecule has 20 heavy (non-hydrogen) atoms. The molecule has 104 valence electrons. The lowest BCUT2D eigenvalue weighted by molar-refractivity contribution is -0.385. The van der Waals surface area contributed by atoms with E-state index in [0.717, 1.165) is 0 Å². The van der Waals surface area contributed by atoms with Gasteiger partial charge in [-0.2, -0.15) is 0 Å². The zero-order valence-electron chi connectivity index (χ0n) is 10.5. The Hall–Kier alpha value is -2.64. The molecule has 1 spiro atoms. The van der Waals surface area contributed by atoms with Gasteiger partial charge in [0.15, 0.2) is 0 Å². The number of alkyl carbamates (subject to hydrolysis) is 1. The second-order valence-electron chi connectivity index (χ2n) is 4.57. The first kappa shape index (κ1) is 12.4. The summed E-state index contributed by atoms with van der Waals surface area (Å²) in [5, 5.41) is 13.1. The Bertz CT molecular complexity index is 656. The molecule has 0 bridgehead atoms. The standard InChI is InChI=1S/C12H10N2O6/c1-19-9-6-4-5-12(10(15)13-11(16)20-12)7(6)2-3-8(9)14(17)18/h2-3H,4-5H2,1H3,(H,13,15,16). The average molecular weight is 278 g/mol. The van der Waals surface area contributed by atoms with Gasteiger partial charge in [0.25, 0.3) is 5.91 Å². The molecule has 1 heterocycles. The molecule has 1 unspecified atom stereocenters. The van der Waals surface area contributed by atoms with Crippen molar-refractivity contribution in [2.45, 2.75) is 18.4 Å². The van der Waals surface area contributed by atoms with Gasteiger partial charge in [0.2, 0.25) is 11.4 Å². The second kappa shape index (κ2) is 3.92. The van der Waals surface area contributed by atoms with Gasteiger partial charge in [-0.05, 0) is 12.5 Å². The van der Waals surface area contributed by atoms with Crippen LogP contribution in [0, 0.1) is 10.1 Å². The maximum Gasteiger partial charge on any atom is 0.415 e. The summed E-state index contributed by atoms with van der Waals surface area (Å²) >= 11 is 0. The molecular formula is C12H10N2O6. The minimum atomic E-state index is -1.38. The molecule has 1 aliphatic carbocycles. The van der Waals surface area contributed by atoms with Crippen molar-refractivity contribution >= 4 is 17.7 Å². The van der Waals surface area contributed by atoms with E-state index < -0.39 is 22.5 Å². The van der Waals surface area contributed by atoms with Crippen molar-refractivity contribution in [1.82, 2.24) is 5.32 Å². The molecule has 1 fully saturated rings. The highest BCUT2D eigenvalue weighted by atomic mass is 16.6. The number of rotatable bonds is 2. The van der Waals surface area contributed by atoms with E-state index in [1.165, 1.54) is 19.2 Å². The van der Waals surface area contributed by atoms with Gasteiger partial charge in [0.05, 0.1) is 12.0 Å². The summed E-state index contributed by atoms with van der Waals surface area (Å²) in [5.41, 5.74) is -0.572. The third-order valence-corrected chi connectivity index (χ3v) is 3.65. The third kappa shape index (κ3) is 1.41. The third-order valence-electron chi connectivity index (χ3n) is 3.65. The summed E-state index contributed by atoms with van der Waals surface area (Å²) < 4.78 is 10.2. The van der Waals surface area contributed by atoms with Crippen LogP contribution in [0.5, 0.6) is 5.75 Å². The normalized spacial score (nSPS) is 23.4. The molecule has 0 saturated carbocycles. The minimum Gasteiger partial charge on any atom is -0.490 e. The van der Waals surface area contributed by atoms with Crippen LogP contribution in [0.25, 0.3) is 0 Å². The molecule has 1 aliphatic heterocycles. The molecule has 0 aromatic heterocycles. The van der Waals surface area contributed by atoms with Crippen LogP contribution in [0.4, 0.5) is 10.5 Å². The van der Waals surface area contributed by atoms with Gasteiger partial charge in [-0.1, -0.05) is 0 Å². The SMILES string of the molecule is COc1c([N+](=O)[O-])ccc2c1CCC21OC(=O)NC1=O. The summed E-state index contributed by atoms with van der Waals surface area (Å²) in [6.07, 6.45) is -0.196. The first-order chi connectivity index (χ1) is 9.49. The Morgan fingerprint density at radius 1 is 1.45 bits per heavy atom. The fourth-order valence-electron chi connectivity index (χ4n) is 2.81. The van der Waals surface area contributed by atoms with E-state index in [1.807, 2.05) is 0 Å². The van der Waals surface area contributed by atoms with Gasteiger partial charge >= 0.3 is 11.8 Å². The Morgan fingerprint density at radius 3 is 2.75 bits per heavy atom. The van der Waals surface area contributed by atoms with Gasteiger partial charge in [-0.3, -0.25) is 20.2 Å². The van der Waals surface area contributed by atoms with E-state index in [-0.39, 0.29) is 17.9 Å². The van der Waals surface area contributed by atoms with Crippen LogP contribution < -0.4 is 10.1 Å². The first-order valence-electron chi connectivity index (χ1n) is 5.89. The predicted octanol–water partition coefficient (Wildman–Crippen LogP) is 1.01. The Kier molecular flexibility index (Phi) is 2.43. The van der Waals surface area contributed by atoms with E-state index in [2.05, 4.69) is 5.32 Å². The average Bonchev–Trinajstić information content (AvgIpc) is 2.90. The number of hydrogen-bond acceptors (Lipinski definition) is 6. The van der Waals surface area contributed by atoms with E-state index in [9.17, 15) is 19.7 Å². The molecule has 1 N–H and O–H groups in total.